The highest BCUT2D eigenvalue weighted by Crippen LogP contribution is 2.38. The van der Waals surface area contributed by atoms with Crippen LogP contribution in [0.15, 0.2) is 42.5 Å². The molecule has 0 aliphatic rings. The molecule has 182 valence electrons. The molecule has 0 aliphatic heterocycles. The molecule has 0 atom stereocenters. The Morgan fingerprint density at radius 1 is 1.03 bits per heavy atom. The van der Waals surface area contributed by atoms with E-state index >= 15 is 0 Å². The molecular weight excluding hydrogens is 460 g/mol. The monoisotopic (exact) mass is 490 g/mol. The van der Waals surface area contributed by atoms with Crippen molar-refractivity contribution < 1.29 is 14.3 Å². The smallest absolute Gasteiger partial charge is 0.266 e. The number of amides is 1. The van der Waals surface area contributed by atoms with E-state index in [1.54, 1.807) is 32.4 Å². The molecule has 0 aliphatic carbocycles. The van der Waals surface area contributed by atoms with Gasteiger partial charge in [0.2, 0.25) is 0 Å². The molecule has 0 saturated carbocycles. The van der Waals surface area contributed by atoms with Crippen LogP contribution in [0.2, 0.25) is 0 Å². The van der Waals surface area contributed by atoms with Gasteiger partial charge in [0.25, 0.3) is 5.91 Å². The maximum Gasteiger partial charge on any atom is 0.266 e. The topological polar surface area (TPSA) is 76.6 Å². The molecule has 4 aromatic rings. The van der Waals surface area contributed by atoms with Crippen molar-refractivity contribution in [2.75, 3.05) is 31.5 Å². The van der Waals surface area contributed by atoms with E-state index in [0.717, 1.165) is 27.3 Å². The van der Waals surface area contributed by atoms with Crippen molar-refractivity contribution in [3.8, 4) is 11.5 Å². The number of nitrogens with zero attached hydrogens (tertiary/aromatic N) is 3. The average Bonchev–Trinajstić information content (AvgIpc) is 3.19. The van der Waals surface area contributed by atoms with Crippen LogP contribution in [-0.4, -0.2) is 37.1 Å². The van der Waals surface area contributed by atoms with Crippen LogP contribution in [0.3, 0.4) is 0 Å². The standard InChI is InChI=1S/C27H30N4O3S/c1-15(2)18-8-10-19(11-9-18)31(5)25-23-16(3)24(35-27(23)29-17(4)28-25)26(32)30-21-14-20(33-6)12-13-22(21)34-7/h8-15H,1-7H3,(H,30,32). The molecule has 35 heavy (non-hydrogen) atoms. The lowest BCUT2D eigenvalue weighted by atomic mass is 10.0. The molecule has 0 fully saturated rings. The Labute approximate surface area is 209 Å². The zero-order chi connectivity index (χ0) is 25.3. The number of thiophene rings is 1. The maximum atomic E-state index is 13.4. The highest BCUT2D eigenvalue weighted by Gasteiger charge is 2.23. The molecule has 0 spiro atoms. The Morgan fingerprint density at radius 2 is 1.74 bits per heavy atom. The third kappa shape index (κ3) is 4.79. The second-order valence-electron chi connectivity index (χ2n) is 8.66. The third-order valence-corrected chi connectivity index (χ3v) is 7.19. The number of ether oxygens (including phenoxy) is 2. The van der Waals surface area contributed by atoms with E-state index in [-0.39, 0.29) is 5.91 Å². The summed E-state index contributed by atoms with van der Waals surface area (Å²) < 4.78 is 10.7. The van der Waals surface area contributed by atoms with Gasteiger partial charge in [0.15, 0.2) is 0 Å². The molecule has 2 aromatic carbocycles. The molecule has 7 nitrogen and oxygen atoms in total. The number of rotatable bonds is 7. The minimum Gasteiger partial charge on any atom is -0.497 e. The van der Waals surface area contributed by atoms with Crippen LogP contribution >= 0.6 is 11.3 Å². The Bertz CT molecular complexity index is 1380. The number of anilines is 3. The zero-order valence-corrected chi connectivity index (χ0v) is 21.9. The van der Waals surface area contributed by atoms with Crippen molar-refractivity contribution >= 4 is 44.7 Å². The van der Waals surface area contributed by atoms with Gasteiger partial charge in [0, 0.05) is 18.8 Å². The first kappa shape index (κ1) is 24.5. The van der Waals surface area contributed by atoms with Crippen molar-refractivity contribution in [2.24, 2.45) is 0 Å². The van der Waals surface area contributed by atoms with Crippen LogP contribution < -0.4 is 19.7 Å². The van der Waals surface area contributed by atoms with Crippen LogP contribution in [0.4, 0.5) is 17.2 Å². The minimum atomic E-state index is -0.232. The van der Waals surface area contributed by atoms with Gasteiger partial charge in [-0.05, 0) is 55.2 Å². The maximum absolute atomic E-state index is 13.4. The molecule has 8 heteroatoms. The molecule has 0 radical (unpaired) electrons. The SMILES string of the molecule is COc1ccc(OC)c(NC(=O)c2sc3nc(C)nc(N(C)c4ccc(C(C)C)cc4)c3c2C)c1. The summed E-state index contributed by atoms with van der Waals surface area (Å²) in [5.74, 6) is 2.84. The number of hydrogen-bond donors (Lipinski definition) is 1. The van der Waals surface area contributed by atoms with E-state index in [1.807, 2.05) is 25.8 Å². The summed E-state index contributed by atoms with van der Waals surface area (Å²) in [4.78, 5) is 26.1. The zero-order valence-electron chi connectivity index (χ0n) is 21.1. The number of methoxy groups -OCH3 is 2. The van der Waals surface area contributed by atoms with Crippen LogP contribution in [-0.2, 0) is 0 Å². The second-order valence-corrected chi connectivity index (χ2v) is 9.66. The lowest BCUT2D eigenvalue weighted by Crippen LogP contribution is -2.14. The van der Waals surface area contributed by atoms with Gasteiger partial charge in [-0.3, -0.25) is 4.79 Å². The number of carbonyl (C=O) groups excluding carboxylic acids is 1. The Hall–Kier alpha value is -3.65. The summed E-state index contributed by atoms with van der Waals surface area (Å²) in [5, 5.41) is 3.84. The summed E-state index contributed by atoms with van der Waals surface area (Å²) in [6.07, 6.45) is 0. The molecule has 0 saturated heterocycles. The fourth-order valence-corrected chi connectivity index (χ4v) is 5.09. The third-order valence-electron chi connectivity index (χ3n) is 6.01. The van der Waals surface area contributed by atoms with Crippen LogP contribution in [0.1, 0.15) is 46.4 Å². The summed E-state index contributed by atoms with van der Waals surface area (Å²) in [6, 6.07) is 13.8. The first-order valence-electron chi connectivity index (χ1n) is 11.4. The average molecular weight is 491 g/mol. The Kier molecular flexibility index (Phi) is 6.93. The summed E-state index contributed by atoms with van der Waals surface area (Å²) in [6.45, 7) is 8.17. The lowest BCUT2D eigenvalue weighted by molar-refractivity contribution is 0.102. The molecule has 0 unspecified atom stereocenters. The highest BCUT2D eigenvalue weighted by molar-refractivity contribution is 7.20. The van der Waals surface area contributed by atoms with Gasteiger partial charge in [0.05, 0.1) is 30.2 Å². The number of nitrogens with one attached hydrogen (secondary N) is 1. The molecule has 1 amide bonds. The van der Waals surface area contributed by atoms with Crippen LogP contribution in [0, 0.1) is 13.8 Å². The van der Waals surface area contributed by atoms with Crippen molar-refractivity contribution in [1.82, 2.24) is 9.97 Å². The largest absolute Gasteiger partial charge is 0.497 e. The van der Waals surface area contributed by atoms with Crippen LogP contribution in [0.25, 0.3) is 10.2 Å². The van der Waals surface area contributed by atoms with Gasteiger partial charge < -0.3 is 19.7 Å². The summed E-state index contributed by atoms with van der Waals surface area (Å²) in [5.41, 5.74) is 3.68. The number of carbonyl (C=O) groups is 1. The molecule has 1 N–H and O–H groups in total. The van der Waals surface area contributed by atoms with Gasteiger partial charge >= 0.3 is 0 Å². The van der Waals surface area contributed by atoms with Gasteiger partial charge in [0.1, 0.15) is 28.0 Å². The predicted molar refractivity (Wildman–Crippen MR) is 143 cm³/mol. The van der Waals surface area contributed by atoms with E-state index in [2.05, 4.69) is 48.4 Å². The van der Waals surface area contributed by atoms with Crippen molar-refractivity contribution in [2.45, 2.75) is 33.6 Å². The van der Waals surface area contributed by atoms with Gasteiger partial charge in [-0.15, -0.1) is 11.3 Å². The number of fused-ring (bicyclic) bond motifs is 1. The highest BCUT2D eigenvalue weighted by atomic mass is 32.1. The molecule has 4 rings (SSSR count). The van der Waals surface area contributed by atoms with Crippen molar-refractivity contribution in [3.05, 3.63) is 64.3 Å². The van der Waals surface area contributed by atoms with E-state index in [1.165, 1.54) is 16.9 Å². The quantitative estimate of drug-likeness (QED) is 0.320. The number of aryl methyl sites for hydroxylation is 2. The van der Waals surface area contributed by atoms with Gasteiger partial charge in [-0.25, -0.2) is 9.97 Å². The fraction of sp³-hybridized carbons (Fsp3) is 0.296. The fourth-order valence-electron chi connectivity index (χ4n) is 3.98. The van der Waals surface area contributed by atoms with E-state index < -0.39 is 0 Å². The van der Waals surface area contributed by atoms with Crippen molar-refractivity contribution in [3.63, 3.8) is 0 Å². The lowest BCUT2D eigenvalue weighted by Gasteiger charge is -2.20. The van der Waals surface area contributed by atoms with Gasteiger partial charge in [-0.1, -0.05) is 26.0 Å². The molecule has 2 aromatic heterocycles. The molecular formula is C27H30N4O3S. The Balaban J connectivity index is 1.74. The van der Waals surface area contributed by atoms with E-state index in [4.69, 9.17) is 14.5 Å². The van der Waals surface area contributed by atoms with Crippen LogP contribution in [0.5, 0.6) is 11.5 Å². The second kappa shape index (κ2) is 9.92. The van der Waals surface area contributed by atoms with E-state index in [9.17, 15) is 4.79 Å². The van der Waals surface area contributed by atoms with Crippen molar-refractivity contribution in [1.29, 1.82) is 0 Å². The normalized spacial score (nSPS) is 11.1. The number of benzene rings is 2. The van der Waals surface area contributed by atoms with E-state index in [0.29, 0.717) is 33.8 Å². The number of hydrogen-bond acceptors (Lipinski definition) is 7. The number of aromatic nitrogens is 2. The van der Waals surface area contributed by atoms with Gasteiger partial charge in [-0.2, -0.15) is 0 Å². The Morgan fingerprint density at radius 3 is 2.37 bits per heavy atom. The predicted octanol–water partition coefficient (Wildman–Crippen LogP) is 6.47. The molecule has 2 heterocycles. The molecule has 0 bridgehead atoms. The first-order chi connectivity index (χ1) is 16.7. The summed E-state index contributed by atoms with van der Waals surface area (Å²) in [7, 11) is 5.14. The minimum absolute atomic E-state index is 0.232. The summed E-state index contributed by atoms with van der Waals surface area (Å²) >= 11 is 1.36. The first-order valence-corrected chi connectivity index (χ1v) is 12.2.